The second-order valence-corrected chi connectivity index (χ2v) is 9.36. The third-order valence-electron chi connectivity index (χ3n) is 6.04. The average molecular weight is 452 g/mol. The molecule has 2 saturated carbocycles. The zero-order valence-electron chi connectivity index (χ0n) is 17.0. The van der Waals surface area contributed by atoms with Crippen LogP contribution in [0.1, 0.15) is 49.0 Å². The third kappa shape index (κ3) is 4.53. The maximum atomic E-state index is 13.0. The number of hydrogen-bond donors (Lipinski definition) is 0. The molecule has 0 bridgehead atoms. The molecule has 6 nitrogen and oxygen atoms in total. The molecule has 1 saturated heterocycles. The summed E-state index contributed by atoms with van der Waals surface area (Å²) >= 11 is 1.44. The van der Waals surface area contributed by atoms with Gasteiger partial charge in [-0.05, 0) is 43.9 Å². The third-order valence-corrected chi connectivity index (χ3v) is 6.97. The molecule has 1 aliphatic heterocycles. The molecule has 166 valence electrons. The first kappa shape index (κ1) is 20.7. The van der Waals surface area contributed by atoms with Gasteiger partial charge < -0.3 is 14.4 Å². The lowest BCUT2D eigenvalue weighted by Gasteiger charge is -2.36. The zero-order valence-corrected chi connectivity index (χ0v) is 17.8. The second kappa shape index (κ2) is 8.03. The molecule has 1 aromatic heterocycles. The lowest BCUT2D eigenvalue weighted by molar-refractivity contribution is -0.137. The molecular formula is C21H24F3N5OS. The minimum Gasteiger partial charge on any atom is -0.368 e. The van der Waals surface area contributed by atoms with E-state index in [9.17, 15) is 18.0 Å². The smallest absolute Gasteiger partial charge is 0.368 e. The molecule has 10 heteroatoms. The molecule has 5 rings (SSSR count). The summed E-state index contributed by atoms with van der Waals surface area (Å²) in [5.41, 5.74) is -0.105. The van der Waals surface area contributed by atoms with Crippen molar-refractivity contribution in [2.45, 2.75) is 49.0 Å². The highest BCUT2D eigenvalue weighted by atomic mass is 32.2. The molecule has 1 aromatic carbocycles. The molecule has 0 spiro atoms. The Hall–Kier alpha value is -2.23. The number of alkyl halides is 3. The summed E-state index contributed by atoms with van der Waals surface area (Å²) in [5, 5.41) is 9.55. The second-order valence-electron chi connectivity index (χ2n) is 8.42. The van der Waals surface area contributed by atoms with Gasteiger partial charge in [0, 0.05) is 43.8 Å². The van der Waals surface area contributed by atoms with E-state index in [0.29, 0.717) is 49.6 Å². The van der Waals surface area contributed by atoms with Crippen molar-refractivity contribution in [3.05, 3.63) is 35.7 Å². The highest BCUT2D eigenvalue weighted by Gasteiger charge is 2.36. The predicted octanol–water partition coefficient (Wildman–Crippen LogP) is 3.95. The van der Waals surface area contributed by atoms with Gasteiger partial charge in [-0.3, -0.25) is 4.79 Å². The van der Waals surface area contributed by atoms with E-state index in [0.717, 1.165) is 29.9 Å². The number of rotatable bonds is 6. The Morgan fingerprint density at radius 3 is 2.45 bits per heavy atom. The van der Waals surface area contributed by atoms with E-state index in [1.807, 2.05) is 4.90 Å². The van der Waals surface area contributed by atoms with Crippen molar-refractivity contribution in [1.82, 2.24) is 19.7 Å². The van der Waals surface area contributed by atoms with Crippen molar-refractivity contribution in [2.75, 3.05) is 36.8 Å². The number of thioether (sulfide) groups is 1. The van der Waals surface area contributed by atoms with Gasteiger partial charge in [-0.25, -0.2) is 0 Å². The molecule has 0 radical (unpaired) electrons. The lowest BCUT2D eigenvalue weighted by atomic mass is 10.1. The number of aromatic nitrogens is 3. The van der Waals surface area contributed by atoms with E-state index >= 15 is 0 Å². The molecule has 2 aromatic rings. The summed E-state index contributed by atoms with van der Waals surface area (Å²) < 4.78 is 41.2. The van der Waals surface area contributed by atoms with Gasteiger partial charge in [0.05, 0.1) is 11.3 Å². The van der Waals surface area contributed by atoms with Gasteiger partial charge in [-0.1, -0.05) is 17.8 Å². The summed E-state index contributed by atoms with van der Waals surface area (Å²) in [6.45, 7) is 2.03. The van der Waals surface area contributed by atoms with E-state index in [1.54, 1.807) is 11.0 Å². The number of carbonyl (C=O) groups excluding carboxylic acids is 1. The van der Waals surface area contributed by atoms with Crippen LogP contribution in [0.2, 0.25) is 0 Å². The van der Waals surface area contributed by atoms with Gasteiger partial charge in [-0.15, -0.1) is 10.2 Å². The van der Waals surface area contributed by atoms with Gasteiger partial charge >= 0.3 is 6.18 Å². The maximum absolute atomic E-state index is 13.0. The minimum absolute atomic E-state index is 0.0343. The molecule has 2 heterocycles. The first-order chi connectivity index (χ1) is 14.9. The Morgan fingerprint density at radius 1 is 1.06 bits per heavy atom. The molecule has 0 unspecified atom stereocenters. The molecule has 2 aliphatic carbocycles. The fourth-order valence-corrected chi connectivity index (χ4v) is 4.91. The Kier molecular flexibility index (Phi) is 5.35. The van der Waals surface area contributed by atoms with Crippen molar-refractivity contribution in [1.29, 1.82) is 0 Å². The van der Waals surface area contributed by atoms with Crippen LogP contribution >= 0.6 is 11.8 Å². The summed E-state index contributed by atoms with van der Waals surface area (Å²) in [5.74, 6) is 1.94. The molecule has 0 atom stereocenters. The largest absolute Gasteiger partial charge is 0.416 e. The molecule has 31 heavy (non-hydrogen) atoms. The van der Waals surface area contributed by atoms with E-state index < -0.39 is 11.7 Å². The topological polar surface area (TPSA) is 54.3 Å². The number of halogens is 3. The molecule has 3 aliphatic rings. The van der Waals surface area contributed by atoms with Gasteiger partial charge in [0.2, 0.25) is 5.91 Å². The van der Waals surface area contributed by atoms with Crippen LogP contribution in [0.4, 0.5) is 18.9 Å². The SMILES string of the molecule is O=C(CSc1nnc(C2CC2)n1C1CC1)N1CCN(c2cccc(C(F)(F)F)c2)CC1. The average Bonchev–Trinajstić information content (AvgIpc) is 3.70. The highest BCUT2D eigenvalue weighted by molar-refractivity contribution is 7.99. The summed E-state index contributed by atoms with van der Waals surface area (Å²) in [6, 6.07) is 5.85. The Balaban J connectivity index is 1.16. The maximum Gasteiger partial charge on any atom is 0.416 e. The van der Waals surface area contributed by atoms with E-state index in [2.05, 4.69) is 14.8 Å². The quantitative estimate of drug-likeness (QED) is 0.623. The van der Waals surface area contributed by atoms with Crippen molar-refractivity contribution >= 4 is 23.4 Å². The van der Waals surface area contributed by atoms with Crippen molar-refractivity contribution < 1.29 is 18.0 Å². The molecule has 1 amide bonds. The lowest BCUT2D eigenvalue weighted by Crippen LogP contribution is -2.49. The number of anilines is 1. The molecule has 0 N–H and O–H groups in total. The number of nitrogens with zero attached hydrogens (tertiary/aromatic N) is 5. The van der Waals surface area contributed by atoms with Crippen molar-refractivity contribution in [2.24, 2.45) is 0 Å². The Bertz CT molecular complexity index is 962. The van der Waals surface area contributed by atoms with Crippen molar-refractivity contribution in [3.8, 4) is 0 Å². The van der Waals surface area contributed by atoms with E-state index in [4.69, 9.17) is 0 Å². The van der Waals surface area contributed by atoms with Gasteiger partial charge in [0.15, 0.2) is 5.16 Å². The van der Waals surface area contributed by atoms with E-state index in [-0.39, 0.29) is 5.91 Å². The molecule has 3 fully saturated rings. The number of amides is 1. The first-order valence-electron chi connectivity index (χ1n) is 10.7. The fourth-order valence-electron chi connectivity index (χ4n) is 3.99. The summed E-state index contributed by atoms with van der Waals surface area (Å²) in [4.78, 5) is 16.4. The van der Waals surface area contributed by atoms with Crippen LogP contribution in [0.25, 0.3) is 0 Å². The highest BCUT2D eigenvalue weighted by Crippen LogP contribution is 2.46. The van der Waals surface area contributed by atoms with Gasteiger partial charge in [0.25, 0.3) is 0 Å². The Labute approximate surface area is 182 Å². The van der Waals surface area contributed by atoms with Crippen molar-refractivity contribution in [3.63, 3.8) is 0 Å². The first-order valence-corrected chi connectivity index (χ1v) is 11.7. The number of hydrogen-bond acceptors (Lipinski definition) is 5. The summed E-state index contributed by atoms with van der Waals surface area (Å²) in [6.07, 6.45) is 0.286. The van der Waals surface area contributed by atoms with Crippen LogP contribution in [0.5, 0.6) is 0 Å². The van der Waals surface area contributed by atoms with Crippen LogP contribution in [0.3, 0.4) is 0 Å². The standard InChI is InChI=1S/C21H24F3N5OS/c22-21(23,24)15-2-1-3-17(12-15)27-8-10-28(11-9-27)18(30)13-31-20-26-25-19(14-4-5-14)29(20)16-6-7-16/h1-3,12,14,16H,4-11,13H2. The molecular weight excluding hydrogens is 427 g/mol. The van der Waals surface area contributed by atoms with Gasteiger partial charge in [0.1, 0.15) is 5.82 Å². The monoisotopic (exact) mass is 451 g/mol. The summed E-state index contributed by atoms with van der Waals surface area (Å²) in [7, 11) is 0. The number of carbonyl (C=O) groups is 1. The van der Waals surface area contributed by atoms with Gasteiger partial charge in [-0.2, -0.15) is 13.2 Å². The fraction of sp³-hybridized carbons (Fsp3) is 0.571. The minimum atomic E-state index is -4.36. The normalized spacial score (nSPS) is 19.7. The van der Waals surface area contributed by atoms with Crippen LogP contribution in [0.15, 0.2) is 29.4 Å². The zero-order chi connectivity index (χ0) is 21.6. The van der Waals surface area contributed by atoms with Crippen LogP contribution in [0, 0.1) is 0 Å². The number of piperazine rings is 1. The van der Waals surface area contributed by atoms with Crippen LogP contribution in [-0.4, -0.2) is 57.5 Å². The Morgan fingerprint density at radius 2 is 1.81 bits per heavy atom. The van der Waals surface area contributed by atoms with Crippen LogP contribution < -0.4 is 4.90 Å². The van der Waals surface area contributed by atoms with Crippen LogP contribution in [-0.2, 0) is 11.0 Å². The predicted molar refractivity (Wildman–Crippen MR) is 111 cm³/mol. The number of benzene rings is 1. The van der Waals surface area contributed by atoms with E-state index in [1.165, 1.54) is 36.7 Å².